The van der Waals surface area contributed by atoms with E-state index < -0.39 is 0 Å². The first-order valence-corrected chi connectivity index (χ1v) is 1.50. The molecule has 0 aromatic rings. The Hall–Kier alpha value is 0.532. The molecule has 0 spiro atoms. The van der Waals surface area contributed by atoms with Crippen molar-refractivity contribution in [3.63, 3.8) is 0 Å². The SMILES string of the molecule is [CH2-]CC[CH2-].[CH3-].[Cr+3]. The second-order valence-corrected chi connectivity index (χ2v) is 0.707. The van der Waals surface area contributed by atoms with Gasteiger partial charge in [0, 0.05) is 0 Å². The van der Waals surface area contributed by atoms with E-state index in [4.69, 9.17) is 0 Å². The van der Waals surface area contributed by atoms with E-state index in [-0.39, 0.29) is 24.8 Å². The summed E-state index contributed by atoms with van der Waals surface area (Å²) in [5, 5.41) is 0. The van der Waals surface area contributed by atoms with Crippen molar-refractivity contribution in [1.82, 2.24) is 0 Å². The Morgan fingerprint density at radius 2 is 1.17 bits per heavy atom. The topological polar surface area (TPSA) is 0 Å². The second kappa shape index (κ2) is 17.7. The van der Waals surface area contributed by atoms with Crippen LogP contribution in [-0.2, 0) is 17.4 Å². The maximum atomic E-state index is 3.54. The molecule has 0 amide bonds. The molecule has 0 saturated carbocycles. The van der Waals surface area contributed by atoms with Gasteiger partial charge >= 0.3 is 17.4 Å². The first-order valence-electron chi connectivity index (χ1n) is 1.50. The van der Waals surface area contributed by atoms with Gasteiger partial charge in [0.05, 0.1) is 0 Å². The third kappa shape index (κ3) is 24.1. The Morgan fingerprint density at radius 1 is 1.00 bits per heavy atom. The second-order valence-electron chi connectivity index (χ2n) is 0.707. The van der Waals surface area contributed by atoms with Crippen LogP contribution in [-0.4, -0.2) is 0 Å². The smallest absolute Gasteiger partial charge is 0.358 e. The summed E-state index contributed by atoms with van der Waals surface area (Å²) >= 11 is 0. The minimum absolute atomic E-state index is 0. The average molecular weight is 123 g/mol. The number of hydrogen-bond acceptors (Lipinski definition) is 0. The fourth-order valence-corrected chi connectivity index (χ4v) is 0. The summed E-state index contributed by atoms with van der Waals surface area (Å²) in [6.45, 7) is 7.08. The summed E-state index contributed by atoms with van der Waals surface area (Å²) in [5.74, 6) is 0. The van der Waals surface area contributed by atoms with Crippen LogP contribution in [0.3, 0.4) is 0 Å². The van der Waals surface area contributed by atoms with Crippen molar-refractivity contribution in [2.24, 2.45) is 0 Å². The van der Waals surface area contributed by atoms with Gasteiger partial charge in [-0.15, -0.1) is 0 Å². The Balaban J connectivity index is -0.0000000450. The molecule has 0 aliphatic rings. The van der Waals surface area contributed by atoms with E-state index >= 15 is 0 Å². The monoisotopic (exact) mass is 123 g/mol. The maximum absolute atomic E-state index is 3.54. The summed E-state index contributed by atoms with van der Waals surface area (Å²) < 4.78 is 0. The van der Waals surface area contributed by atoms with Gasteiger partial charge < -0.3 is 21.3 Å². The molecule has 0 nitrogen and oxygen atoms in total. The zero-order valence-corrected chi connectivity index (χ0v) is 5.51. The van der Waals surface area contributed by atoms with E-state index in [0.717, 1.165) is 12.8 Å². The van der Waals surface area contributed by atoms with Gasteiger partial charge in [-0.25, -0.2) is 12.8 Å². The van der Waals surface area contributed by atoms with Crippen molar-refractivity contribution < 1.29 is 17.4 Å². The van der Waals surface area contributed by atoms with E-state index in [1.54, 1.807) is 0 Å². The van der Waals surface area contributed by atoms with Gasteiger partial charge in [0.15, 0.2) is 0 Å². The van der Waals surface area contributed by atoms with Crippen LogP contribution in [0.25, 0.3) is 0 Å². The van der Waals surface area contributed by atoms with E-state index in [2.05, 4.69) is 13.8 Å². The van der Waals surface area contributed by atoms with Gasteiger partial charge in [0.1, 0.15) is 0 Å². The molecule has 0 rings (SSSR count). The molecule has 1 radical (unpaired) electrons. The van der Waals surface area contributed by atoms with Crippen LogP contribution in [0, 0.1) is 21.3 Å². The van der Waals surface area contributed by atoms with Crippen LogP contribution in [0.15, 0.2) is 0 Å². The van der Waals surface area contributed by atoms with Crippen molar-refractivity contribution >= 4 is 0 Å². The number of rotatable bonds is 1. The average Bonchev–Trinajstić information content (AvgIpc) is 1.37. The third-order valence-electron chi connectivity index (χ3n) is 0.250. The standard InChI is InChI=1S/C4H8.CH3.Cr/c1-3-4-2;;/h1-4H2;1H3;/q-2;-1;+3. The first-order chi connectivity index (χ1) is 1.91. The van der Waals surface area contributed by atoms with Crippen LogP contribution >= 0.6 is 0 Å². The molecule has 0 aliphatic heterocycles. The van der Waals surface area contributed by atoms with E-state index in [9.17, 15) is 0 Å². The maximum Gasteiger partial charge on any atom is 3.00 e. The molecule has 0 fully saturated rings. The molecule has 37 valence electrons. The molecule has 0 heterocycles. The Kier molecular flexibility index (Phi) is 47.3. The van der Waals surface area contributed by atoms with Gasteiger partial charge in [-0.2, -0.15) is 0 Å². The van der Waals surface area contributed by atoms with Crippen LogP contribution in [0.2, 0.25) is 0 Å². The zero-order chi connectivity index (χ0) is 3.41. The molecule has 6 heavy (non-hydrogen) atoms. The van der Waals surface area contributed by atoms with Gasteiger partial charge in [0.25, 0.3) is 0 Å². The molecule has 0 N–H and O–H groups in total. The number of unbranched alkanes of at least 4 members (excludes halogenated alkanes) is 1. The van der Waals surface area contributed by atoms with Crippen LogP contribution < -0.4 is 0 Å². The van der Waals surface area contributed by atoms with E-state index in [0.29, 0.717) is 0 Å². The van der Waals surface area contributed by atoms with Crippen molar-refractivity contribution in [3.8, 4) is 0 Å². The van der Waals surface area contributed by atoms with Crippen molar-refractivity contribution in [1.29, 1.82) is 0 Å². The molecule has 0 unspecified atom stereocenters. The third-order valence-corrected chi connectivity index (χ3v) is 0.250. The largest absolute Gasteiger partial charge is 3.00 e. The predicted octanol–water partition coefficient (Wildman–Crippen LogP) is 1.88. The quantitative estimate of drug-likeness (QED) is 0.467. The van der Waals surface area contributed by atoms with Crippen molar-refractivity contribution in [3.05, 3.63) is 21.3 Å². The molecular weight excluding hydrogens is 112 g/mol. The van der Waals surface area contributed by atoms with Crippen LogP contribution in [0.4, 0.5) is 0 Å². The summed E-state index contributed by atoms with van der Waals surface area (Å²) in [7, 11) is 0. The van der Waals surface area contributed by atoms with Crippen molar-refractivity contribution in [2.45, 2.75) is 12.8 Å². The fourth-order valence-electron chi connectivity index (χ4n) is 0. The number of hydrogen-bond donors (Lipinski definition) is 0. The van der Waals surface area contributed by atoms with Gasteiger partial charge in [-0.1, -0.05) is 0 Å². The molecule has 1 heteroatoms. The normalized spacial score (nSPS) is 5.00. The van der Waals surface area contributed by atoms with Crippen molar-refractivity contribution in [2.75, 3.05) is 0 Å². The molecule has 0 saturated heterocycles. The first kappa shape index (κ1) is 16.0. The summed E-state index contributed by atoms with van der Waals surface area (Å²) in [6.07, 6.45) is 1.92. The molecular formula is C5H11Cr. The molecule has 0 aromatic heterocycles. The zero-order valence-electron chi connectivity index (χ0n) is 4.24. The predicted molar refractivity (Wildman–Crippen MR) is 26.4 cm³/mol. The Labute approximate surface area is 52.1 Å². The molecule has 0 aromatic carbocycles. The summed E-state index contributed by atoms with van der Waals surface area (Å²) in [6, 6.07) is 0. The van der Waals surface area contributed by atoms with Gasteiger partial charge in [0.2, 0.25) is 0 Å². The van der Waals surface area contributed by atoms with Gasteiger partial charge in [-0.05, 0) is 0 Å². The van der Waals surface area contributed by atoms with E-state index in [1.807, 2.05) is 0 Å². The Bertz CT molecular complexity index is 5.90. The molecule has 0 bridgehead atoms. The molecule has 0 aliphatic carbocycles. The minimum atomic E-state index is 0. The fraction of sp³-hybridized carbons (Fsp3) is 0.400. The summed E-state index contributed by atoms with van der Waals surface area (Å²) in [5.41, 5.74) is 0. The van der Waals surface area contributed by atoms with Crippen LogP contribution in [0.5, 0.6) is 0 Å². The Morgan fingerprint density at radius 3 is 1.17 bits per heavy atom. The van der Waals surface area contributed by atoms with Crippen LogP contribution in [0.1, 0.15) is 12.8 Å². The van der Waals surface area contributed by atoms with E-state index in [1.165, 1.54) is 0 Å². The minimum Gasteiger partial charge on any atom is -0.358 e. The van der Waals surface area contributed by atoms with Gasteiger partial charge in [-0.3, -0.25) is 0 Å². The summed E-state index contributed by atoms with van der Waals surface area (Å²) in [4.78, 5) is 0. The molecule has 0 atom stereocenters.